The molecule has 1 radical (unpaired) electrons. The first-order valence-electron chi connectivity index (χ1n) is 4.51. The SMILES string of the molecule is Cc1[c]c(I)c(-c2ccccc2)cc1. The molecule has 0 fully saturated rings. The quantitative estimate of drug-likeness (QED) is 0.695. The second-order valence-corrected chi connectivity index (χ2v) is 4.31. The van der Waals surface area contributed by atoms with Gasteiger partial charge in [0.05, 0.1) is 0 Å². The molecule has 2 rings (SSSR count). The van der Waals surface area contributed by atoms with Gasteiger partial charge in [-0.2, -0.15) is 0 Å². The van der Waals surface area contributed by atoms with Crippen LogP contribution >= 0.6 is 22.6 Å². The highest BCUT2D eigenvalue weighted by Crippen LogP contribution is 2.25. The van der Waals surface area contributed by atoms with Gasteiger partial charge in [0.25, 0.3) is 0 Å². The molecule has 0 aliphatic heterocycles. The molecule has 0 atom stereocenters. The van der Waals surface area contributed by atoms with E-state index in [0.717, 1.165) is 0 Å². The number of halogens is 1. The average molecular weight is 293 g/mol. The van der Waals surface area contributed by atoms with Crippen molar-refractivity contribution in [3.8, 4) is 11.1 Å². The van der Waals surface area contributed by atoms with E-state index in [4.69, 9.17) is 0 Å². The maximum atomic E-state index is 3.32. The van der Waals surface area contributed by atoms with Gasteiger partial charge in [0, 0.05) is 3.57 Å². The molecule has 0 N–H and O–H groups in total. The summed E-state index contributed by atoms with van der Waals surface area (Å²) < 4.78 is 1.19. The smallest absolute Gasteiger partial charge is 0.0290 e. The van der Waals surface area contributed by atoms with Crippen LogP contribution in [0.2, 0.25) is 0 Å². The summed E-state index contributed by atoms with van der Waals surface area (Å²) >= 11 is 2.33. The predicted molar refractivity (Wildman–Crippen MR) is 68.2 cm³/mol. The summed E-state index contributed by atoms with van der Waals surface area (Å²) in [6, 6.07) is 18.0. The lowest BCUT2D eigenvalue weighted by Gasteiger charge is -2.04. The minimum absolute atomic E-state index is 1.19. The molecule has 14 heavy (non-hydrogen) atoms. The Labute approximate surface area is 98.1 Å². The minimum Gasteiger partial charge on any atom is -0.0622 e. The van der Waals surface area contributed by atoms with Crippen LogP contribution in [-0.2, 0) is 0 Å². The summed E-state index contributed by atoms with van der Waals surface area (Å²) in [5.74, 6) is 0. The van der Waals surface area contributed by atoms with Crippen LogP contribution in [0.5, 0.6) is 0 Å². The van der Waals surface area contributed by atoms with Crippen molar-refractivity contribution in [3.05, 3.63) is 57.7 Å². The fourth-order valence-corrected chi connectivity index (χ4v) is 2.32. The Morgan fingerprint density at radius 1 is 1.00 bits per heavy atom. The Hall–Kier alpha value is -0.830. The minimum atomic E-state index is 1.19. The summed E-state index contributed by atoms with van der Waals surface area (Å²) in [5.41, 5.74) is 3.71. The summed E-state index contributed by atoms with van der Waals surface area (Å²) in [6.07, 6.45) is 0. The first kappa shape index (κ1) is 9.71. The Kier molecular flexibility index (Phi) is 2.87. The molecule has 0 saturated heterocycles. The molecule has 0 aliphatic rings. The summed E-state index contributed by atoms with van der Waals surface area (Å²) in [5, 5.41) is 0. The standard InChI is InChI=1S/C13H10I/c1-10-7-8-12(13(14)9-10)11-5-3-2-4-6-11/h2-8H,1H3. The van der Waals surface area contributed by atoms with E-state index in [1.807, 2.05) is 6.07 Å². The van der Waals surface area contributed by atoms with Crippen molar-refractivity contribution in [2.75, 3.05) is 0 Å². The number of hydrogen-bond acceptors (Lipinski definition) is 0. The third kappa shape index (κ3) is 1.98. The first-order valence-corrected chi connectivity index (χ1v) is 5.59. The predicted octanol–water partition coefficient (Wildman–Crippen LogP) is 4.07. The molecular weight excluding hydrogens is 283 g/mol. The topological polar surface area (TPSA) is 0 Å². The van der Waals surface area contributed by atoms with Gasteiger partial charge in [-0.1, -0.05) is 42.5 Å². The van der Waals surface area contributed by atoms with E-state index >= 15 is 0 Å². The molecule has 0 saturated carbocycles. The third-order valence-electron chi connectivity index (χ3n) is 2.13. The molecule has 2 aromatic rings. The van der Waals surface area contributed by atoms with Gasteiger partial charge in [-0.05, 0) is 52.3 Å². The van der Waals surface area contributed by atoms with Crippen LogP contribution in [0.1, 0.15) is 5.56 Å². The second kappa shape index (κ2) is 4.13. The summed E-state index contributed by atoms with van der Waals surface area (Å²) in [6.45, 7) is 2.07. The van der Waals surface area contributed by atoms with Crippen LogP contribution < -0.4 is 0 Å². The fourth-order valence-electron chi connectivity index (χ4n) is 1.40. The van der Waals surface area contributed by atoms with Crippen molar-refractivity contribution in [1.82, 2.24) is 0 Å². The normalized spacial score (nSPS) is 10.1. The van der Waals surface area contributed by atoms with Crippen molar-refractivity contribution >= 4 is 22.6 Å². The Morgan fingerprint density at radius 2 is 1.71 bits per heavy atom. The molecule has 0 unspecified atom stereocenters. The van der Waals surface area contributed by atoms with Crippen LogP contribution in [0, 0.1) is 16.6 Å². The first-order chi connectivity index (χ1) is 6.77. The van der Waals surface area contributed by atoms with Crippen molar-refractivity contribution in [1.29, 1.82) is 0 Å². The number of hydrogen-bond donors (Lipinski definition) is 0. The fraction of sp³-hybridized carbons (Fsp3) is 0.0769. The lowest BCUT2D eigenvalue weighted by atomic mass is 10.0. The van der Waals surface area contributed by atoms with Gasteiger partial charge in [-0.3, -0.25) is 0 Å². The summed E-state index contributed by atoms with van der Waals surface area (Å²) in [7, 11) is 0. The zero-order valence-electron chi connectivity index (χ0n) is 7.92. The van der Waals surface area contributed by atoms with E-state index in [9.17, 15) is 0 Å². The molecule has 0 aliphatic carbocycles. The van der Waals surface area contributed by atoms with Gasteiger partial charge < -0.3 is 0 Å². The molecule has 69 valence electrons. The molecule has 0 heterocycles. The molecule has 0 bridgehead atoms. The van der Waals surface area contributed by atoms with E-state index in [-0.39, 0.29) is 0 Å². The van der Waals surface area contributed by atoms with E-state index in [2.05, 4.69) is 72.0 Å². The average Bonchev–Trinajstić information content (AvgIpc) is 2.19. The lowest BCUT2D eigenvalue weighted by molar-refractivity contribution is 1.43. The van der Waals surface area contributed by atoms with Crippen LogP contribution in [-0.4, -0.2) is 0 Å². The van der Waals surface area contributed by atoms with E-state index < -0.39 is 0 Å². The molecule has 0 nitrogen and oxygen atoms in total. The van der Waals surface area contributed by atoms with Gasteiger partial charge in [0.15, 0.2) is 0 Å². The van der Waals surface area contributed by atoms with Crippen LogP contribution in [0.4, 0.5) is 0 Å². The zero-order valence-corrected chi connectivity index (χ0v) is 10.1. The molecule has 2 aromatic carbocycles. The van der Waals surface area contributed by atoms with Crippen molar-refractivity contribution in [2.45, 2.75) is 6.92 Å². The van der Waals surface area contributed by atoms with Gasteiger partial charge in [0.2, 0.25) is 0 Å². The van der Waals surface area contributed by atoms with E-state index in [0.29, 0.717) is 0 Å². The highest BCUT2D eigenvalue weighted by atomic mass is 127. The molecule has 0 aromatic heterocycles. The molecule has 0 amide bonds. The molecule has 1 heteroatoms. The van der Waals surface area contributed by atoms with E-state index in [1.54, 1.807) is 0 Å². The van der Waals surface area contributed by atoms with Crippen LogP contribution in [0.3, 0.4) is 0 Å². The zero-order chi connectivity index (χ0) is 9.97. The largest absolute Gasteiger partial charge is 0.0622 e. The second-order valence-electron chi connectivity index (χ2n) is 3.24. The van der Waals surface area contributed by atoms with Crippen molar-refractivity contribution in [2.24, 2.45) is 0 Å². The van der Waals surface area contributed by atoms with Crippen molar-refractivity contribution in [3.63, 3.8) is 0 Å². The number of aryl methyl sites for hydroxylation is 1. The highest BCUT2D eigenvalue weighted by molar-refractivity contribution is 14.1. The highest BCUT2D eigenvalue weighted by Gasteiger charge is 2.01. The monoisotopic (exact) mass is 293 g/mol. The van der Waals surface area contributed by atoms with Gasteiger partial charge in [-0.25, -0.2) is 0 Å². The van der Waals surface area contributed by atoms with Crippen LogP contribution in [0.25, 0.3) is 11.1 Å². The number of benzene rings is 2. The Bertz CT molecular complexity index is 432. The van der Waals surface area contributed by atoms with Crippen molar-refractivity contribution < 1.29 is 0 Å². The Balaban J connectivity index is 2.53. The number of rotatable bonds is 1. The third-order valence-corrected chi connectivity index (χ3v) is 2.98. The lowest BCUT2D eigenvalue weighted by Crippen LogP contribution is -1.84. The maximum absolute atomic E-state index is 3.32. The van der Waals surface area contributed by atoms with Gasteiger partial charge in [-0.15, -0.1) is 0 Å². The molecule has 0 spiro atoms. The van der Waals surface area contributed by atoms with E-state index in [1.165, 1.54) is 20.3 Å². The Morgan fingerprint density at radius 3 is 2.36 bits per heavy atom. The van der Waals surface area contributed by atoms with Gasteiger partial charge in [0.1, 0.15) is 0 Å². The van der Waals surface area contributed by atoms with Crippen LogP contribution in [0.15, 0.2) is 42.5 Å². The van der Waals surface area contributed by atoms with Gasteiger partial charge >= 0.3 is 0 Å². The maximum Gasteiger partial charge on any atom is 0.0290 e. The summed E-state index contributed by atoms with van der Waals surface area (Å²) in [4.78, 5) is 0. The molecular formula is C13H10I.